The van der Waals surface area contributed by atoms with Gasteiger partial charge in [-0.25, -0.2) is 0 Å². The summed E-state index contributed by atoms with van der Waals surface area (Å²) in [7, 11) is 0. The molecule has 2 aromatic carbocycles. The Balaban J connectivity index is 1.91. The van der Waals surface area contributed by atoms with Crippen LogP contribution < -0.4 is 5.32 Å². The van der Waals surface area contributed by atoms with Crippen LogP contribution in [0.3, 0.4) is 0 Å². The SMILES string of the molecule is CCc1ccc(CNc2ccc(SC(F)(F)F)cc2)cc1. The quantitative estimate of drug-likeness (QED) is 0.735. The Kier molecular flexibility index (Phi) is 5.17. The largest absolute Gasteiger partial charge is 0.446 e. The van der Waals surface area contributed by atoms with E-state index in [9.17, 15) is 13.2 Å². The molecule has 0 heterocycles. The number of aryl methyl sites for hydroxylation is 1. The van der Waals surface area contributed by atoms with Crippen molar-refractivity contribution in [1.82, 2.24) is 0 Å². The third kappa shape index (κ3) is 5.34. The Morgan fingerprint density at radius 3 is 2.00 bits per heavy atom. The van der Waals surface area contributed by atoms with E-state index in [1.807, 2.05) is 0 Å². The molecule has 21 heavy (non-hydrogen) atoms. The Bertz CT molecular complexity index is 562. The maximum absolute atomic E-state index is 12.2. The van der Waals surface area contributed by atoms with Crippen LogP contribution in [0.4, 0.5) is 18.9 Å². The number of nitrogens with one attached hydrogen (secondary N) is 1. The third-order valence-corrected chi connectivity index (χ3v) is 3.76. The number of benzene rings is 2. The summed E-state index contributed by atoms with van der Waals surface area (Å²) >= 11 is -0.0998. The first-order chi connectivity index (χ1) is 9.96. The monoisotopic (exact) mass is 311 g/mol. The van der Waals surface area contributed by atoms with Gasteiger partial charge in [0.15, 0.2) is 0 Å². The van der Waals surface area contributed by atoms with Crippen LogP contribution in [0.5, 0.6) is 0 Å². The second-order valence-corrected chi connectivity index (χ2v) is 5.73. The summed E-state index contributed by atoms with van der Waals surface area (Å²) in [6, 6.07) is 14.5. The maximum atomic E-state index is 12.2. The van der Waals surface area contributed by atoms with Crippen LogP contribution in [0.1, 0.15) is 18.1 Å². The number of hydrogen-bond acceptors (Lipinski definition) is 2. The van der Waals surface area contributed by atoms with Gasteiger partial charge in [0.1, 0.15) is 0 Å². The van der Waals surface area contributed by atoms with E-state index in [0.29, 0.717) is 6.54 Å². The molecule has 2 rings (SSSR count). The molecule has 0 fully saturated rings. The van der Waals surface area contributed by atoms with E-state index in [4.69, 9.17) is 0 Å². The molecule has 0 spiro atoms. The van der Waals surface area contributed by atoms with Crippen LogP contribution in [0.25, 0.3) is 0 Å². The summed E-state index contributed by atoms with van der Waals surface area (Å²) in [5.74, 6) is 0. The first-order valence-corrected chi connectivity index (χ1v) is 7.45. The number of halogens is 3. The molecule has 0 radical (unpaired) electrons. The van der Waals surface area contributed by atoms with Gasteiger partial charge < -0.3 is 5.32 Å². The first kappa shape index (κ1) is 15.8. The Morgan fingerprint density at radius 1 is 0.905 bits per heavy atom. The fraction of sp³-hybridized carbons (Fsp3) is 0.250. The van der Waals surface area contributed by atoms with Gasteiger partial charge in [0.2, 0.25) is 0 Å². The van der Waals surface area contributed by atoms with Crippen molar-refractivity contribution in [2.75, 3.05) is 5.32 Å². The molecule has 0 aliphatic carbocycles. The molecule has 0 aliphatic heterocycles. The minimum absolute atomic E-state index is 0.0998. The lowest BCUT2D eigenvalue weighted by Gasteiger charge is -2.09. The third-order valence-electron chi connectivity index (χ3n) is 3.02. The first-order valence-electron chi connectivity index (χ1n) is 6.64. The number of thioether (sulfide) groups is 1. The number of hydrogen-bond donors (Lipinski definition) is 1. The van der Waals surface area contributed by atoms with Crippen LogP contribution in [0.2, 0.25) is 0 Å². The highest BCUT2D eigenvalue weighted by Gasteiger charge is 2.28. The number of rotatable bonds is 5. The molecule has 0 aromatic heterocycles. The highest BCUT2D eigenvalue weighted by Crippen LogP contribution is 2.37. The van der Waals surface area contributed by atoms with Crippen molar-refractivity contribution in [2.45, 2.75) is 30.3 Å². The molecule has 0 amide bonds. The summed E-state index contributed by atoms with van der Waals surface area (Å²) in [6.07, 6.45) is 1.01. The van der Waals surface area contributed by atoms with Gasteiger partial charge >= 0.3 is 5.51 Å². The number of alkyl halides is 3. The predicted octanol–water partition coefficient (Wildman–Crippen LogP) is 5.47. The lowest BCUT2D eigenvalue weighted by molar-refractivity contribution is -0.0328. The lowest BCUT2D eigenvalue weighted by Crippen LogP contribution is -2.00. The second-order valence-electron chi connectivity index (χ2n) is 4.60. The van der Waals surface area contributed by atoms with E-state index < -0.39 is 5.51 Å². The molecular formula is C16H16F3NS. The van der Waals surface area contributed by atoms with Crippen LogP contribution >= 0.6 is 11.8 Å². The zero-order chi connectivity index (χ0) is 15.3. The fourth-order valence-corrected chi connectivity index (χ4v) is 2.41. The topological polar surface area (TPSA) is 12.0 Å². The highest BCUT2D eigenvalue weighted by atomic mass is 32.2. The van der Waals surface area contributed by atoms with Crippen molar-refractivity contribution in [2.24, 2.45) is 0 Å². The molecule has 0 saturated carbocycles. The van der Waals surface area contributed by atoms with Gasteiger partial charge in [-0.15, -0.1) is 0 Å². The van der Waals surface area contributed by atoms with E-state index in [0.717, 1.165) is 17.7 Å². The summed E-state index contributed by atoms with van der Waals surface area (Å²) in [5.41, 5.74) is -1.01. The summed E-state index contributed by atoms with van der Waals surface area (Å²) in [4.78, 5) is 0.195. The van der Waals surface area contributed by atoms with Crippen molar-refractivity contribution in [3.05, 3.63) is 59.7 Å². The molecule has 2 aromatic rings. The average Bonchev–Trinajstić information content (AvgIpc) is 2.45. The van der Waals surface area contributed by atoms with Gasteiger partial charge in [-0.1, -0.05) is 31.2 Å². The Labute approximate surface area is 126 Å². The molecule has 112 valence electrons. The van der Waals surface area contributed by atoms with Gasteiger partial charge in [0.25, 0.3) is 0 Å². The summed E-state index contributed by atoms with van der Waals surface area (Å²) in [6.45, 7) is 2.75. The molecule has 0 aliphatic rings. The summed E-state index contributed by atoms with van der Waals surface area (Å²) < 4.78 is 36.7. The van der Waals surface area contributed by atoms with Gasteiger partial charge in [0, 0.05) is 17.1 Å². The highest BCUT2D eigenvalue weighted by molar-refractivity contribution is 8.00. The van der Waals surface area contributed by atoms with Gasteiger partial charge in [-0.05, 0) is 53.6 Å². The Morgan fingerprint density at radius 2 is 1.48 bits per heavy atom. The van der Waals surface area contributed by atoms with E-state index in [1.165, 1.54) is 17.7 Å². The summed E-state index contributed by atoms with van der Waals surface area (Å²) in [5, 5.41) is 3.20. The van der Waals surface area contributed by atoms with Crippen LogP contribution in [0.15, 0.2) is 53.4 Å². The van der Waals surface area contributed by atoms with Crippen molar-refractivity contribution in [3.8, 4) is 0 Å². The molecule has 0 unspecified atom stereocenters. The van der Waals surface area contributed by atoms with E-state index in [2.05, 4.69) is 36.5 Å². The minimum atomic E-state index is -4.24. The second kappa shape index (κ2) is 6.89. The van der Waals surface area contributed by atoms with Crippen LogP contribution in [0, 0.1) is 0 Å². The normalized spacial score (nSPS) is 11.4. The molecule has 0 bridgehead atoms. The van der Waals surface area contributed by atoms with Crippen LogP contribution in [-0.4, -0.2) is 5.51 Å². The lowest BCUT2D eigenvalue weighted by atomic mass is 10.1. The van der Waals surface area contributed by atoms with Gasteiger partial charge in [-0.2, -0.15) is 13.2 Å². The van der Waals surface area contributed by atoms with E-state index >= 15 is 0 Å². The van der Waals surface area contributed by atoms with Gasteiger partial charge in [-0.3, -0.25) is 0 Å². The smallest absolute Gasteiger partial charge is 0.381 e. The Hall–Kier alpha value is -1.62. The zero-order valence-corrected chi connectivity index (χ0v) is 12.4. The molecule has 1 N–H and O–H groups in total. The maximum Gasteiger partial charge on any atom is 0.446 e. The molecule has 5 heteroatoms. The van der Waals surface area contributed by atoms with Gasteiger partial charge in [0.05, 0.1) is 0 Å². The average molecular weight is 311 g/mol. The molecular weight excluding hydrogens is 295 g/mol. The molecule has 0 saturated heterocycles. The molecule has 0 atom stereocenters. The fourth-order valence-electron chi connectivity index (χ4n) is 1.87. The van der Waals surface area contributed by atoms with E-state index in [-0.39, 0.29) is 16.7 Å². The van der Waals surface area contributed by atoms with Crippen molar-refractivity contribution in [1.29, 1.82) is 0 Å². The van der Waals surface area contributed by atoms with Crippen molar-refractivity contribution in [3.63, 3.8) is 0 Å². The van der Waals surface area contributed by atoms with E-state index in [1.54, 1.807) is 12.1 Å². The van der Waals surface area contributed by atoms with Crippen molar-refractivity contribution < 1.29 is 13.2 Å². The predicted molar refractivity (Wildman–Crippen MR) is 81.5 cm³/mol. The standard InChI is InChI=1S/C16H16F3NS/c1-2-12-3-5-13(6-4-12)11-20-14-7-9-15(10-8-14)21-16(17,18)19/h3-10,20H,2,11H2,1H3. The van der Waals surface area contributed by atoms with Crippen molar-refractivity contribution >= 4 is 17.4 Å². The molecule has 1 nitrogen and oxygen atoms in total. The minimum Gasteiger partial charge on any atom is -0.381 e. The number of anilines is 1. The zero-order valence-electron chi connectivity index (χ0n) is 11.6. The van der Waals surface area contributed by atoms with Crippen LogP contribution in [-0.2, 0) is 13.0 Å².